The van der Waals surface area contributed by atoms with Gasteiger partial charge in [-0.3, -0.25) is 9.69 Å². The topological polar surface area (TPSA) is 54.0 Å². The predicted molar refractivity (Wildman–Crippen MR) is 95.7 cm³/mol. The largest absolute Gasteiger partial charge is 0.495 e. The molecule has 0 radical (unpaired) electrons. The van der Waals surface area contributed by atoms with E-state index in [1.807, 2.05) is 36.2 Å². The third-order valence-electron chi connectivity index (χ3n) is 4.46. The molecule has 0 aliphatic carbocycles. The Hall–Kier alpha value is -1.79. The smallest absolute Gasteiger partial charge is 0.239 e. The van der Waals surface area contributed by atoms with E-state index in [2.05, 4.69) is 24.1 Å². The van der Waals surface area contributed by atoms with Gasteiger partial charge in [-0.25, -0.2) is 0 Å². The molecule has 0 unspecified atom stereocenters. The Morgan fingerprint density at radius 2 is 2.00 bits per heavy atom. The minimum atomic E-state index is -0.0809. The zero-order valence-electron chi connectivity index (χ0n) is 15.2. The first-order valence-corrected chi connectivity index (χ1v) is 8.37. The highest BCUT2D eigenvalue weighted by molar-refractivity contribution is 5.82. The number of rotatable bonds is 7. The Bertz CT molecular complexity index is 542. The van der Waals surface area contributed by atoms with Crippen molar-refractivity contribution in [3.63, 3.8) is 0 Å². The van der Waals surface area contributed by atoms with Crippen LogP contribution < -0.4 is 15.0 Å². The molecule has 1 amide bonds. The van der Waals surface area contributed by atoms with Crippen LogP contribution in [-0.2, 0) is 9.53 Å². The second-order valence-corrected chi connectivity index (χ2v) is 6.72. The van der Waals surface area contributed by atoms with Crippen LogP contribution in [0.4, 0.5) is 5.69 Å². The number of benzene rings is 1. The summed E-state index contributed by atoms with van der Waals surface area (Å²) in [7, 11) is 3.53. The summed E-state index contributed by atoms with van der Waals surface area (Å²) in [4.78, 5) is 16.6. The number of likely N-dealkylation sites (N-methyl/N-ethyl adjacent to an activating group) is 1. The summed E-state index contributed by atoms with van der Waals surface area (Å²) in [6.45, 7) is 8.55. The zero-order chi connectivity index (χ0) is 17.6. The Kier molecular flexibility index (Phi) is 6.45. The number of hydrogen-bond donors (Lipinski definition) is 1. The number of carbonyl (C=O) groups is 1. The van der Waals surface area contributed by atoms with Crippen LogP contribution in [0, 0.1) is 0 Å². The van der Waals surface area contributed by atoms with E-state index in [-0.39, 0.29) is 11.4 Å². The van der Waals surface area contributed by atoms with Crippen LogP contribution in [0.1, 0.15) is 13.8 Å². The highest BCUT2D eigenvalue weighted by atomic mass is 16.5. The maximum atomic E-state index is 12.3. The normalized spacial score (nSPS) is 15.8. The lowest BCUT2D eigenvalue weighted by atomic mass is 10.0. The van der Waals surface area contributed by atoms with Gasteiger partial charge in [-0.15, -0.1) is 0 Å². The van der Waals surface area contributed by atoms with Crippen LogP contribution in [0.25, 0.3) is 0 Å². The van der Waals surface area contributed by atoms with Gasteiger partial charge in [0.05, 0.1) is 32.6 Å². The lowest BCUT2D eigenvalue weighted by molar-refractivity contribution is -0.120. The summed E-state index contributed by atoms with van der Waals surface area (Å²) in [5, 5.41) is 3.05. The maximum Gasteiger partial charge on any atom is 0.239 e. The van der Waals surface area contributed by atoms with Crippen LogP contribution in [0.15, 0.2) is 24.3 Å². The van der Waals surface area contributed by atoms with Gasteiger partial charge >= 0.3 is 0 Å². The van der Waals surface area contributed by atoms with Gasteiger partial charge in [0.2, 0.25) is 5.91 Å². The summed E-state index contributed by atoms with van der Waals surface area (Å²) in [5.74, 6) is 0.770. The average Bonchev–Trinajstić information content (AvgIpc) is 2.60. The number of nitrogens with one attached hydrogen (secondary N) is 1. The second-order valence-electron chi connectivity index (χ2n) is 6.72. The Labute approximate surface area is 144 Å². The molecular formula is C18H29N3O3. The number of para-hydroxylation sites is 2. The molecule has 1 fully saturated rings. The minimum absolute atomic E-state index is 0.00439. The van der Waals surface area contributed by atoms with Crippen molar-refractivity contribution in [2.24, 2.45) is 0 Å². The molecule has 1 heterocycles. The third-order valence-corrected chi connectivity index (χ3v) is 4.46. The molecule has 2 rings (SSSR count). The van der Waals surface area contributed by atoms with Crippen molar-refractivity contribution in [1.82, 2.24) is 10.2 Å². The SMILES string of the molecule is COc1ccccc1N(C)CC(=O)NCC(C)(C)N1CCOCC1. The van der Waals surface area contributed by atoms with E-state index in [0.717, 1.165) is 37.7 Å². The van der Waals surface area contributed by atoms with Gasteiger partial charge in [0.25, 0.3) is 0 Å². The quantitative estimate of drug-likeness (QED) is 0.815. The van der Waals surface area contributed by atoms with E-state index in [1.165, 1.54) is 0 Å². The number of morpholine rings is 1. The summed E-state index contributed by atoms with van der Waals surface area (Å²) in [6.07, 6.45) is 0. The Balaban J connectivity index is 1.86. The first kappa shape index (κ1) is 18.5. The van der Waals surface area contributed by atoms with Crippen molar-refractivity contribution >= 4 is 11.6 Å². The zero-order valence-corrected chi connectivity index (χ0v) is 15.2. The molecule has 0 spiro atoms. The Morgan fingerprint density at radius 3 is 2.67 bits per heavy atom. The Morgan fingerprint density at radius 1 is 1.33 bits per heavy atom. The van der Waals surface area contributed by atoms with Crippen molar-refractivity contribution in [1.29, 1.82) is 0 Å². The fraction of sp³-hybridized carbons (Fsp3) is 0.611. The molecule has 1 saturated heterocycles. The minimum Gasteiger partial charge on any atom is -0.495 e. The van der Waals surface area contributed by atoms with E-state index in [4.69, 9.17) is 9.47 Å². The summed E-state index contributed by atoms with van der Waals surface area (Å²) >= 11 is 0. The van der Waals surface area contributed by atoms with Gasteiger partial charge < -0.3 is 19.7 Å². The molecule has 1 aliphatic rings. The predicted octanol–water partition coefficient (Wildman–Crippen LogP) is 1.36. The number of nitrogens with zero attached hydrogens (tertiary/aromatic N) is 2. The van der Waals surface area contributed by atoms with Crippen molar-refractivity contribution < 1.29 is 14.3 Å². The highest BCUT2D eigenvalue weighted by Gasteiger charge is 2.28. The monoisotopic (exact) mass is 335 g/mol. The second kappa shape index (κ2) is 8.35. The highest BCUT2D eigenvalue weighted by Crippen LogP contribution is 2.26. The standard InChI is InChI=1S/C18H29N3O3/c1-18(2,21-9-11-24-12-10-21)14-19-17(22)13-20(3)15-7-5-6-8-16(15)23-4/h5-8H,9-14H2,1-4H3,(H,19,22). The number of methoxy groups -OCH3 is 1. The van der Waals surface area contributed by atoms with Gasteiger partial charge in [-0.1, -0.05) is 12.1 Å². The van der Waals surface area contributed by atoms with Gasteiger partial charge in [-0.2, -0.15) is 0 Å². The number of anilines is 1. The number of ether oxygens (including phenoxy) is 2. The molecule has 24 heavy (non-hydrogen) atoms. The van der Waals surface area contributed by atoms with E-state index in [0.29, 0.717) is 13.1 Å². The molecule has 1 aromatic rings. The van der Waals surface area contributed by atoms with Gasteiger partial charge in [0.1, 0.15) is 5.75 Å². The van der Waals surface area contributed by atoms with Gasteiger partial charge in [0.15, 0.2) is 0 Å². The van der Waals surface area contributed by atoms with Crippen LogP contribution >= 0.6 is 0 Å². The molecule has 1 aromatic carbocycles. The van der Waals surface area contributed by atoms with Gasteiger partial charge in [-0.05, 0) is 26.0 Å². The van der Waals surface area contributed by atoms with Crippen LogP contribution in [-0.4, -0.2) is 69.9 Å². The average molecular weight is 335 g/mol. The van der Waals surface area contributed by atoms with Crippen molar-refractivity contribution in [3.05, 3.63) is 24.3 Å². The molecule has 0 aromatic heterocycles. The summed E-state index contributed by atoms with van der Waals surface area (Å²) < 4.78 is 10.7. The lowest BCUT2D eigenvalue weighted by Crippen LogP contribution is -2.56. The molecule has 0 atom stereocenters. The molecular weight excluding hydrogens is 306 g/mol. The van der Waals surface area contributed by atoms with E-state index in [9.17, 15) is 4.79 Å². The summed E-state index contributed by atoms with van der Waals surface area (Å²) in [5.41, 5.74) is 0.824. The first-order valence-electron chi connectivity index (χ1n) is 8.37. The fourth-order valence-corrected chi connectivity index (χ4v) is 2.90. The number of hydrogen-bond acceptors (Lipinski definition) is 5. The molecule has 0 bridgehead atoms. The molecule has 6 heteroatoms. The lowest BCUT2D eigenvalue weighted by Gasteiger charge is -2.41. The summed E-state index contributed by atoms with van der Waals surface area (Å²) in [6, 6.07) is 7.70. The number of carbonyl (C=O) groups excluding carboxylic acids is 1. The molecule has 1 aliphatic heterocycles. The van der Waals surface area contributed by atoms with Crippen molar-refractivity contribution in [3.8, 4) is 5.75 Å². The fourth-order valence-electron chi connectivity index (χ4n) is 2.90. The molecule has 1 N–H and O–H groups in total. The molecule has 134 valence electrons. The first-order chi connectivity index (χ1) is 11.4. The van der Waals surface area contributed by atoms with E-state index in [1.54, 1.807) is 7.11 Å². The van der Waals surface area contributed by atoms with Crippen molar-refractivity contribution in [2.45, 2.75) is 19.4 Å². The number of amides is 1. The van der Waals surface area contributed by atoms with Crippen LogP contribution in [0.5, 0.6) is 5.75 Å². The van der Waals surface area contributed by atoms with Crippen LogP contribution in [0.2, 0.25) is 0 Å². The van der Waals surface area contributed by atoms with E-state index >= 15 is 0 Å². The maximum absolute atomic E-state index is 12.3. The van der Waals surface area contributed by atoms with E-state index < -0.39 is 0 Å². The van der Waals surface area contributed by atoms with Gasteiger partial charge in [0, 0.05) is 32.2 Å². The van der Waals surface area contributed by atoms with Crippen LogP contribution in [0.3, 0.4) is 0 Å². The molecule has 6 nitrogen and oxygen atoms in total. The third kappa shape index (κ3) is 4.85. The molecule has 0 saturated carbocycles. The van der Waals surface area contributed by atoms with Crippen molar-refractivity contribution in [2.75, 3.05) is 58.5 Å².